The molecule has 1 fully saturated rings. The molecule has 1 saturated carbocycles. The lowest BCUT2D eigenvalue weighted by atomic mass is 10.2. The van der Waals surface area contributed by atoms with Gasteiger partial charge in [0.15, 0.2) is 0 Å². The van der Waals surface area contributed by atoms with Crippen LogP contribution >= 0.6 is 0 Å². The van der Waals surface area contributed by atoms with Gasteiger partial charge < -0.3 is 10.6 Å². The molecule has 1 aliphatic carbocycles. The number of amides is 1. The van der Waals surface area contributed by atoms with E-state index in [2.05, 4.69) is 31.4 Å². The summed E-state index contributed by atoms with van der Waals surface area (Å²) >= 11 is 0. The molecule has 3 nitrogen and oxygen atoms in total. The van der Waals surface area contributed by atoms with Gasteiger partial charge in [-0.3, -0.25) is 4.79 Å². The molecule has 2 atom stereocenters. The molecule has 0 radical (unpaired) electrons. The summed E-state index contributed by atoms with van der Waals surface area (Å²) in [4.78, 5) is 11.5. The van der Waals surface area contributed by atoms with E-state index in [9.17, 15) is 4.79 Å². The van der Waals surface area contributed by atoms with Crippen LogP contribution in [0, 0.1) is 5.41 Å². The summed E-state index contributed by atoms with van der Waals surface area (Å²) in [6, 6.07) is 0.686. The Kier molecular flexibility index (Phi) is 3.53. The smallest absolute Gasteiger partial charge is 0.221 e. The minimum absolute atomic E-state index is 0.175. The van der Waals surface area contributed by atoms with Crippen molar-refractivity contribution in [2.75, 3.05) is 6.54 Å². The number of nitrogens with one attached hydrogen (secondary N) is 2. The van der Waals surface area contributed by atoms with Crippen molar-refractivity contribution in [3.63, 3.8) is 0 Å². The van der Waals surface area contributed by atoms with Crippen molar-refractivity contribution < 1.29 is 4.79 Å². The Hall–Kier alpha value is -0.570. The third-order valence-electron chi connectivity index (χ3n) is 2.89. The Balaban J connectivity index is 2.17. The first-order chi connectivity index (χ1) is 6.45. The predicted octanol–water partition coefficient (Wildman–Crippen LogP) is 1.29. The Morgan fingerprint density at radius 2 is 2.14 bits per heavy atom. The van der Waals surface area contributed by atoms with Gasteiger partial charge in [0.1, 0.15) is 0 Å². The Bertz CT molecular complexity index is 213. The van der Waals surface area contributed by atoms with E-state index >= 15 is 0 Å². The molecule has 0 bridgehead atoms. The molecule has 1 rings (SSSR count). The summed E-state index contributed by atoms with van der Waals surface area (Å²) in [5.41, 5.74) is 0.330. The fourth-order valence-corrected chi connectivity index (χ4v) is 1.67. The highest BCUT2D eigenvalue weighted by Gasteiger charge is 2.46. The van der Waals surface area contributed by atoms with Gasteiger partial charge in [0.2, 0.25) is 5.91 Å². The average Bonchev–Trinajstić information content (AvgIpc) is 2.57. The van der Waals surface area contributed by atoms with Gasteiger partial charge in [0.05, 0.1) is 0 Å². The Morgan fingerprint density at radius 1 is 1.57 bits per heavy atom. The van der Waals surface area contributed by atoms with Crippen LogP contribution in [0.2, 0.25) is 0 Å². The fraction of sp³-hybridized carbons (Fsp3) is 0.909. The summed E-state index contributed by atoms with van der Waals surface area (Å²) in [5.74, 6) is 0.175. The van der Waals surface area contributed by atoms with Gasteiger partial charge >= 0.3 is 0 Å². The first-order valence-electron chi connectivity index (χ1n) is 5.48. The van der Waals surface area contributed by atoms with Crippen LogP contribution < -0.4 is 10.6 Å². The maximum absolute atomic E-state index is 11.5. The van der Waals surface area contributed by atoms with Crippen molar-refractivity contribution in [1.29, 1.82) is 0 Å². The molecule has 2 unspecified atom stereocenters. The summed E-state index contributed by atoms with van der Waals surface area (Å²) in [6.07, 6.45) is 1.70. The van der Waals surface area contributed by atoms with Gasteiger partial charge in [-0.2, -0.15) is 0 Å². The van der Waals surface area contributed by atoms with Gasteiger partial charge in [0.25, 0.3) is 0 Å². The van der Waals surface area contributed by atoms with Crippen molar-refractivity contribution in [2.24, 2.45) is 5.41 Å². The standard InChI is InChI=1S/C11H22N2O/c1-5-12-8(2)6-10(14)13-9-7-11(9,3)4/h8-9,12H,5-7H2,1-4H3,(H,13,14). The van der Waals surface area contributed by atoms with Gasteiger partial charge in [-0.1, -0.05) is 20.8 Å². The average molecular weight is 198 g/mol. The van der Waals surface area contributed by atoms with E-state index < -0.39 is 0 Å². The zero-order valence-electron chi connectivity index (χ0n) is 9.68. The monoisotopic (exact) mass is 198 g/mol. The lowest BCUT2D eigenvalue weighted by Gasteiger charge is -2.12. The first-order valence-corrected chi connectivity index (χ1v) is 5.48. The Morgan fingerprint density at radius 3 is 2.57 bits per heavy atom. The topological polar surface area (TPSA) is 41.1 Å². The minimum Gasteiger partial charge on any atom is -0.353 e. The highest BCUT2D eigenvalue weighted by atomic mass is 16.1. The molecule has 1 aliphatic rings. The largest absolute Gasteiger partial charge is 0.353 e. The normalized spacial score (nSPS) is 25.6. The van der Waals surface area contributed by atoms with Gasteiger partial charge in [0, 0.05) is 18.5 Å². The van der Waals surface area contributed by atoms with Crippen molar-refractivity contribution in [3.8, 4) is 0 Å². The van der Waals surface area contributed by atoms with Crippen molar-refractivity contribution in [2.45, 2.75) is 52.6 Å². The Labute approximate surface area is 86.6 Å². The summed E-state index contributed by atoms with van der Waals surface area (Å²) in [5, 5.41) is 6.28. The quantitative estimate of drug-likeness (QED) is 0.699. The lowest BCUT2D eigenvalue weighted by molar-refractivity contribution is -0.121. The van der Waals surface area contributed by atoms with E-state index in [0.717, 1.165) is 13.0 Å². The maximum Gasteiger partial charge on any atom is 0.221 e. The zero-order valence-corrected chi connectivity index (χ0v) is 9.68. The van der Waals surface area contributed by atoms with Crippen LogP contribution in [0.3, 0.4) is 0 Å². The second-order valence-electron chi connectivity index (χ2n) is 4.98. The van der Waals surface area contributed by atoms with Crippen LogP contribution in [0.1, 0.15) is 40.5 Å². The van der Waals surface area contributed by atoms with Crippen LogP contribution in [0.15, 0.2) is 0 Å². The van der Waals surface area contributed by atoms with Crippen molar-refractivity contribution >= 4 is 5.91 Å². The highest BCUT2D eigenvalue weighted by Crippen LogP contribution is 2.44. The molecule has 1 amide bonds. The van der Waals surface area contributed by atoms with Gasteiger partial charge in [-0.15, -0.1) is 0 Å². The molecule has 0 heterocycles. The van der Waals surface area contributed by atoms with Crippen LogP contribution in [-0.4, -0.2) is 24.5 Å². The number of carbonyl (C=O) groups is 1. The molecule has 14 heavy (non-hydrogen) atoms. The molecule has 0 aliphatic heterocycles. The molecule has 0 aromatic carbocycles. The molecule has 0 aromatic heterocycles. The van der Waals surface area contributed by atoms with Crippen molar-refractivity contribution in [3.05, 3.63) is 0 Å². The van der Waals surface area contributed by atoms with E-state index in [1.54, 1.807) is 0 Å². The fourth-order valence-electron chi connectivity index (χ4n) is 1.67. The third-order valence-corrected chi connectivity index (χ3v) is 2.89. The van der Waals surface area contributed by atoms with Crippen LogP contribution in [0.25, 0.3) is 0 Å². The highest BCUT2D eigenvalue weighted by molar-refractivity contribution is 5.77. The predicted molar refractivity (Wildman–Crippen MR) is 58.1 cm³/mol. The van der Waals surface area contributed by atoms with E-state index in [4.69, 9.17) is 0 Å². The molecular formula is C11H22N2O. The second kappa shape index (κ2) is 4.30. The minimum atomic E-state index is 0.175. The van der Waals surface area contributed by atoms with Crippen LogP contribution in [0.4, 0.5) is 0 Å². The number of hydrogen-bond acceptors (Lipinski definition) is 2. The van der Waals surface area contributed by atoms with Gasteiger partial charge in [-0.05, 0) is 25.3 Å². The summed E-state index contributed by atoms with van der Waals surface area (Å²) in [6.45, 7) is 9.39. The molecule has 82 valence electrons. The summed E-state index contributed by atoms with van der Waals surface area (Å²) in [7, 11) is 0. The van der Waals surface area contributed by atoms with E-state index in [1.165, 1.54) is 0 Å². The van der Waals surface area contributed by atoms with Crippen molar-refractivity contribution in [1.82, 2.24) is 10.6 Å². The summed E-state index contributed by atoms with van der Waals surface area (Å²) < 4.78 is 0. The molecule has 3 heteroatoms. The molecular weight excluding hydrogens is 176 g/mol. The van der Waals surface area contributed by atoms with E-state index in [1.807, 2.05) is 6.92 Å². The molecule has 0 aromatic rings. The molecule has 0 saturated heterocycles. The van der Waals surface area contributed by atoms with Crippen LogP contribution in [-0.2, 0) is 4.79 Å². The maximum atomic E-state index is 11.5. The van der Waals surface area contributed by atoms with Crippen LogP contribution in [0.5, 0.6) is 0 Å². The SMILES string of the molecule is CCNC(C)CC(=O)NC1CC1(C)C. The second-order valence-corrected chi connectivity index (χ2v) is 4.98. The van der Waals surface area contributed by atoms with E-state index in [0.29, 0.717) is 17.9 Å². The molecule has 2 N–H and O–H groups in total. The molecule has 0 spiro atoms. The third kappa shape index (κ3) is 3.29. The first kappa shape index (κ1) is 11.5. The zero-order chi connectivity index (χ0) is 10.8. The number of carbonyl (C=O) groups excluding carboxylic acids is 1. The lowest BCUT2D eigenvalue weighted by Crippen LogP contribution is -2.35. The number of hydrogen-bond donors (Lipinski definition) is 2. The number of rotatable bonds is 5. The van der Waals surface area contributed by atoms with Gasteiger partial charge in [-0.25, -0.2) is 0 Å². The van der Waals surface area contributed by atoms with E-state index in [-0.39, 0.29) is 11.9 Å².